The molecule has 0 saturated heterocycles. The molecule has 0 spiro atoms. The minimum atomic E-state index is -0.322. The van der Waals surface area contributed by atoms with Crippen LogP contribution in [0.3, 0.4) is 0 Å². The average molecular weight is 386 g/mol. The molecule has 0 heterocycles. The molecule has 7 nitrogen and oxygen atoms in total. The van der Waals surface area contributed by atoms with E-state index in [1.807, 2.05) is 26.0 Å². The number of carbonyl (C=O) groups excluding carboxylic acids is 2. The third-order valence-electron chi connectivity index (χ3n) is 4.12. The van der Waals surface area contributed by atoms with Gasteiger partial charge in [-0.3, -0.25) is 9.59 Å². The fourth-order valence-electron chi connectivity index (χ4n) is 2.63. The Balaban J connectivity index is 1.88. The van der Waals surface area contributed by atoms with E-state index in [4.69, 9.17) is 14.2 Å². The number of carbonyl (C=O) groups is 2. The summed E-state index contributed by atoms with van der Waals surface area (Å²) in [6.45, 7) is 4.18. The summed E-state index contributed by atoms with van der Waals surface area (Å²) in [6, 6.07) is 11.9. The Kier molecular flexibility index (Phi) is 7.68. The number of amides is 2. The van der Waals surface area contributed by atoms with E-state index in [0.29, 0.717) is 29.4 Å². The van der Waals surface area contributed by atoms with Crippen LogP contribution in [0.15, 0.2) is 42.5 Å². The van der Waals surface area contributed by atoms with Crippen LogP contribution in [0.4, 0.5) is 0 Å². The van der Waals surface area contributed by atoms with Gasteiger partial charge in [0.15, 0.2) is 11.5 Å². The van der Waals surface area contributed by atoms with E-state index >= 15 is 0 Å². The standard InChI is InChI=1S/C21H26N2O5/c1-5-28-17-9-6-15(7-10-17)21(25)22-13-20(24)23-14(2)16-8-11-18(26-3)19(12-16)27-4/h6-12,14H,5,13H2,1-4H3,(H,22,25)(H,23,24). The smallest absolute Gasteiger partial charge is 0.251 e. The summed E-state index contributed by atoms with van der Waals surface area (Å²) in [5.74, 6) is 1.29. The first-order valence-corrected chi connectivity index (χ1v) is 9.00. The van der Waals surface area contributed by atoms with Gasteiger partial charge >= 0.3 is 0 Å². The summed E-state index contributed by atoms with van der Waals surface area (Å²) < 4.78 is 15.8. The zero-order chi connectivity index (χ0) is 20.5. The van der Waals surface area contributed by atoms with Crippen LogP contribution in [0.1, 0.15) is 35.8 Å². The summed E-state index contributed by atoms with van der Waals surface area (Å²) in [4.78, 5) is 24.3. The van der Waals surface area contributed by atoms with Crippen molar-refractivity contribution in [3.05, 3.63) is 53.6 Å². The topological polar surface area (TPSA) is 85.9 Å². The van der Waals surface area contributed by atoms with Gasteiger partial charge in [-0.25, -0.2) is 0 Å². The molecular formula is C21H26N2O5. The van der Waals surface area contributed by atoms with Crippen molar-refractivity contribution in [2.75, 3.05) is 27.4 Å². The van der Waals surface area contributed by atoms with Crippen molar-refractivity contribution >= 4 is 11.8 Å². The minimum absolute atomic E-state index is 0.121. The molecule has 1 atom stereocenters. The fourth-order valence-corrected chi connectivity index (χ4v) is 2.63. The van der Waals surface area contributed by atoms with Gasteiger partial charge in [0.2, 0.25) is 5.91 Å². The zero-order valence-electron chi connectivity index (χ0n) is 16.6. The van der Waals surface area contributed by atoms with Gasteiger partial charge in [-0.05, 0) is 55.8 Å². The molecule has 0 radical (unpaired) electrons. The molecule has 0 aromatic heterocycles. The Morgan fingerprint density at radius 3 is 2.29 bits per heavy atom. The van der Waals surface area contributed by atoms with Crippen molar-refractivity contribution in [2.45, 2.75) is 19.9 Å². The molecule has 0 aliphatic heterocycles. The number of hydrogen-bond donors (Lipinski definition) is 2. The number of methoxy groups -OCH3 is 2. The Morgan fingerprint density at radius 1 is 1.00 bits per heavy atom. The molecule has 0 aliphatic rings. The lowest BCUT2D eigenvalue weighted by molar-refractivity contribution is -0.120. The van der Waals surface area contributed by atoms with Gasteiger partial charge in [0, 0.05) is 5.56 Å². The van der Waals surface area contributed by atoms with Crippen molar-refractivity contribution in [2.24, 2.45) is 0 Å². The van der Waals surface area contributed by atoms with Crippen LogP contribution in [0.25, 0.3) is 0 Å². The van der Waals surface area contributed by atoms with Gasteiger partial charge in [-0.1, -0.05) is 6.07 Å². The second-order valence-corrected chi connectivity index (χ2v) is 6.04. The number of nitrogens with one attached hydrogen (secondary N) is 2. The molecule has 150 valence electrons. The molecule has 0 aliphatic carbocycles. The molecule has 2 aromatic rings. The molecule has 0 bridgehead atoms. The quantitative estimate of drug-likeness (QED) is 0.692. The summed E-state index contributed by atoms with van der Waals surface area (Å²) in [7, 11) is 3.12. The van der Waals surface area contributed by atoms with Crippen LogP contribution in [0.5, 0.6) is 17.2 Å². The third kappa shape index (κ3) is 5.64. The summed E-state index contributed by atoms with van der Waals surface area (Å²) >= 11 is 0. The molecule has 2 aromatic carbocycles. The number of benzene rings is 2. The number of hydrogen-bond acceptors (Lipinski definition) is 5. The summed E-state index contributed by atoms with van der Waals surface area (Å²) in [5.41, 5.74) is 1.33. The first kappa shape index (κ1) is 21.1. The van der Waals surface area contributed by atoms with Gasteiger partial charge in [0.25, 0.3) is 5.91 Å². The fraction of sp³-hybridized carbons (Fsp3) is 0.333. The van der Waals surface area contributed by atoms with E-state index in [0.717, 1.165) is 5.56 Å². The maximum Gasteiger partial charge on any atom is 0.251 e. The SMILES string of the molecule is CCOc1ccc(C(=O)NCC(=O)NC(C)c2ccc(OC)c(OC)c2)cc1. The van der Waals surface area contributed by atoms with E-state index in [9.17, 15) is 9.59 Å². The Morgan fingerprint density at radius 2 is 1.68 bits per heavy atom. The van der Waals surface area contributed by atoms with Crippen LogP contribution in [0, 0.1) is 0 Å². The van der Waals surface area contributed by atoms with Crippen LogP contribution in [-0.2, 0) is 4.79 Å². The van der Waals surface area contributed by atoms with Gasteiger partial charge in [0.05, 0.1) is 33.4 Å². The van der Waals surface area contributed by atoms with Crippen molar-refractivity contribution < 1.29 is 23.8 Å². The van der Waals surface area contributed by atoms with Gasteiger partial charge in [0.1, 0.15) is 5.75 Å². The third-order valence-corrected chi connectivity index (χ3v) is 4.12. The molecule has 1 unspecified atom stereocenters. The number of rotatable bonds is 9. The molecule has 0 saturated carbocycles. The van der Waals surface area contributed by atoms with Gasteiger partial charge in [-0.15, -0.1) is 0 Å². The Hall–Kier alpha value is -3.22. The molecule has 2 N–H and O–H groups in total. The lowest BCUT2D eigenvalue weighted by Gasteiger charge is -2.17. The highest BCUT2D eigenvalue weighted by Crippen LogP contribution is 2.29. The van der Waals surface area contributed by atoms with Crippen molar-refractivity contribution in [1.29, 1.82) is 0 Å². The number of ether oxygens (including phenoxy) is 3. The van der Waals surface area contributed by atoms with Crippen molar-refractivity contribution in [3.8, 4) is 17.2 Å². The normalized spacial score (nSPS) is 11.3. The Bertz CT molecular complexity index is 805. The van der Waals surface area contributed by atoms with Crippen LogP contribution in [-0.4, -0.2) is 39.2 Å². The van der Waals surface area contributed by atoms with E-state index in [1.165, 1.54) is 0 Å². The van der Waals surface area contributed by atoms with Crippen molar-refractivity contribution in [3.63, 3.8) is 0 Å². The van der Waals surface area contributed by atoms with Gasteiger partial charge in [-0.2, -0.15) is 0 Å². The van der Waals surface area contributed by atoms with E-state index in [1.54, 1.807) is 44.6 Å². The molecular weight excluding hydrogens is 360 g/mol. The average Bonchev–Trinajstić information content (AvgIpc) is 2.72. The zero-order valence-corrected chi connectivity index (χ0v) is 16.6. The van der Waals surface area contributed by atoms with E-state index < -0.39 is 0 Å². The van der Waals surface area contributed by atoms with Gasteiger partial charge < -0.3 is 24.8 Å². The highest BCUT2D eigenvalue weighted by Gasteiger charge is 2.14. The maximum absolute atomic E-state index is 12.2. The monoisotopic (exact) mass is 386 g/mol. The lowest BCUT2D eigenvalue weighted by atomic mass is 10.1. The molecule has 7 heteroatoms. The first-order valence-electron chi connectivity index (χ1n) is 9.00. The largest absolute Gasteiger partial charge is 0.494 e. The minimum Gasteiger partial charge on any atom is -0.494 e. The first-order chi connectivity index (χ1) is 13.5. The molecule has 2 amide bonds. The molecule has 0 fully saturated rings. The highest BCUT2D eigenvalue weighted by molar-refractivity contribution is 5.96. The lowest BCUT2D eigenvalue weighted by Crippen LogP contribution is -2.38. The Labute approximate surface area is 165 Å². The van der Waals surface area contributed by atoms with Crippen molar-refractivity contribution in [1.82, 2.24) is 10.6 Å². The molecule has 2 rings (SSSR count). The van der Waals surface area contributed by atoms with Crippen LogP contribution < -0.4 is 24.8 Å². The van der Waals surface area contributed by atoms with E-state index in [-0.39, 0.29) is 24.4 Å². The maximum atomic E-state index is 12.2. The predicted molar refractivity (Wildman–Crippen MR) is 106 cm³/mol. The summed E-state index contributed by atoms with van der Waals surface area (Å²) in [6.07, 6.45) is 0. The predicted octanol–water partition coefficient (Wildman–Crippen LogP) is 2.71. The molecule has 28 heavy (non-hydrogen) atoms. The summed E-state index contributed by atoms with van der Waals surface area (Å²) in [5, 5.41) is 5.46. The van der Waals surface area contributed by atoms with Crippen LogP contribution in [0.2, 0.25) is 0 Å². The highest BCUT2D eigenvalue weighted by atomic mass is 16.5. The second kappa shape index (κ2) is 10.2. The van der Waals surface area contributed by atoms with Crippen LogP contribution >= 0.6 is 0 Å². The second-order valence-electron chi connectivity index (χ2n) is 6.04. The van der Waals surface area contributed by atoms with E-state index in [2.05, 4.69) is 10.6 Å².